The van der Waals surface area contributed by atoms with Gasteiger partial charge in [0.15, 0.2) is 11.5 Å². The molecule has 0 aromatic carbocycles. The van der Waals surface area contributed by atoms with Crippen molar-refractivity contribution in [2.75, 3.05) is 13.1 Å². The molecule has 1 saturated heterocycles. The molecule has 132 valence electrons. The van der Waals surface area contributed by atoms with Crippen molar-refractivity contribution in [1.29, 1.82) is 0 Å². The molecule has 1 atom stereocenters. The fourth-order valence-electron chi connectivity index (χ4n) is 3.16. The second-order valence-electron chi connectivity index (χ2n) is 6.74. The van der Waals surface area contributed by atoms with Gasteiger partial charge in [0, 0.05) is 25.2 Å². The highest BCUT2D eigenvalue weighted by atomic mass is 16.3. The van der Waals surface area contributed by atoms with Crippen LogP contribution in [0.1, 0.15) is 36.2 Å². The predicted molar refractivity (Wildman–Crippen MR) is 87.5 cm³/mol. The molecule has 0 unspecified atom stereocenters. The van der Waals surface area contributed by atoms with Gasteiger partial charge in [0.1, 0.15) is 11.3 Å². The van der Waals surface area contributed by atoms with Crippen LogP contribution in [0.2, 0.25) is 0 Å². The summed E-state index contributed by atoms with van der Waals surface area (Å²) in [4.78, 5) is 26.3. The molecule has 2 aromatic heterocycles. The molecule has 8 heteroatoms. The minimum Gasteiger partial charge on any atom is -0.463 e. The van der Waals surface area contributed by atoms with Crippen LogP contribution in [0.25, 0.3) is 11.5 Å². The Balaban J connectivity index is 1.38. The Morgan fingerprint density at radius 3 is 3.00 bits per heavy atom. The Kier molecular flexibility index (Phi) is 3.84. The first-order valence-electron chi connectivity index (χ1n) is 8.47. The van der Waals surface area contributed by atoms with Gasteiger partial charge < -0.3 is 19.7 Å². The van der Waals surface area contributed by atoms with Crippen LogP contribution >= 0.6 is 0 Å². The Labute approximate surface area is 144 Å². The lowest BCUT2D eigenvalue weighted by molar-refractivity contribution is -0.143. The van der Waals surface area contributed by atoms with Crippen molar-refractivity contribution in [2.45, 2.75) is 37.3 Å². The van der Waals surface area contributed by atoms with E-state index in [2.05, 4.69) is 15.5 Å². The summed E-state index contributed by atoms with van der Waals surface area (Å²) in [5.41, 5.74) is -0.256. The number of aromatic amines is 1. The quantitative estimate of drug-likeness (QED) is 0.763. The van der Waals surface area contributed by atoms with E-state index in [-0.39, 0.29) is 23.6 Å². The standard InChI is InChI=1S/C17H20N4O4/c22-15(13-9-12(19-20-13)14-4-2-8-25-14)18-11-3-1-7-21(10-11)16(23)17(24)5-6-17/h2,4,8-9,11,24H,1,3,5-7,10H2,(H,18,22)(H,19,20)/t11-/m0/s1. The second kappa shape index (κ2) is 6.03. The third-order valence-corrected chi connectivity index (χ3v) is 4.76. The molecule has 2 fully saturated rings. The van der Waals surface area contributed by atoms with Crippen LogP contribution in [-0.4, -0.2) is 56.8 Å². The highest BCUT2D eigenvalue weighted by Crippen LogP contribution is 2.37. The number of carbonyl (C=O) groups is 2. The molecule has 3 heterocycles. The zero-order valence-corrected chi connectivity index (χ0v) is 13.7. The first-order valence-corrected chi connectivity index (χ1v) is 8.47. The number of piperidine rings is 1. The molecule has 1 saturated carbocycles. The normalized spacial score (nSPS) is 21.8. The number of amides is 2. The summed E-state index contributed by atoms with van der Waals surface area (Å²) < 4.78 is 5.27. The number of likely N-dealkylation sites (tertiary alicyclic amines) is 1. The highest BCUT2D eigenvalue weighted by Gasteiger charge is 2.50. The number of nitrogens with one attached hydrogen (secondary N) is 2. The van der Waals surface area contributed by atoms with Crippen LogP contribution < -0.4 is 5.32 Å². The molecule has 4 rings (SSSR count). The molecule has 2 amide bonds. The van der Waals surface area contributed by atoms with Gasteiger partial charge in [-0.1, -0.05) is 0 Å². The van der Waals surface area contributed by atoms with E-state index in [1.54, 1.807) is 29.4 Å². The van der Waals surface area contributed by atoms with Gasteiger partial charge >= 0.3 is 0 Å². The monoisotopic (exact) mass is 344 g/mol. The largest absolute Gasteiger partial charge is 0.463 e. The lowest BCUT2D eigenvalue weighted by Crippen LogP contribution is -2.52. The van der Waals surface area contributed by atoms with Gasteiger partial charge in [-0.3, -0.25) is 14.7 Å². The second-order valence-corrected chi connectivity index (χ2v) is 6.74. The maximum Gasteiger partial charge on any atom is 0.272 e. The Hall–Kier alpha value is -2.61. The summed E-state index contributed by atoms with van der Waals surface area (Å²) in [7, 11) is 0. The molecule has 0 spiro atoms. The summed E-state index contributed by atoms with van der Waals surface area (Å²) in [6, 6.07) is 5.03. The maximum atomic E-state index is 12.4. The molecule has 1 aliphatic carbocycles. The van der Waals surface area contributed by atoms with E-state index >= 15 is 0 Å². The number of H-pyrrole nitrogens is 1. The molecule has 2 aromatic rings. The van der Waals surface area contributed by atoms with Crippen molar-refractivity contribution in [1.82, 2.24) is 20.4 Å². The number of hydrogen-bond donors (Lipinski definition) is 3. The average Bonchev–Trinajstić information content (AvgIpc) is 3.06. The van der Waals surface area contributed by atoms with Gasteiger partial charge in [0.05, 0.1) is 6.26 Å². The molecule has 0 bridgehead atoms. The van der Waals surface area contributed by atoms with Crippen molar-refractivity contribution in [2.24, 2.45) is 0 Å². The molecular formula is C17H20N4O4. The molecule has 2 aliphatic rings. The van der Waals surface area contributed by atoms with Gasteiger partial charge in [0.25, 0.3) is 11.8 Å². The van der Waals surface area contributed by atoms with E-state index in [1.165, 1.54) is 0 Å². The zero-order chi connectivity index (χ0) is 17.4. The zero-order valence-electron chi connectivity index (χ0n) is 13.7. The van der Waals surface area contributed by atoms with E-state index < -0.39 is 5.60 Å². The van der Waals surface area contributed by atoms with Crippen LogP contribution in [0.5, 0.6) is 0 Å². The first kappa shape index (κ1) is 15.9. The van der Waals surface area contributed by atoms with E-state index in [0.717, 1.165) is 12.8 Å². The third kappa shape index (κ3) is 3.17. The van der Waals surface area contributed by atoms with Gasteiger partial charge in [-0.05, 0) is 37.8 Å². The molecule has 0 radical (unpaired) electrons. The van der Waals surface area contributed by atoms with Crippen LogP contribution in [0.4, 0.5) is 0 Å². The number of rotatable bonds is 4. The van der Waals surface area contributed by atoms with Crippen molar-refractivity contribution in [3.8, 4) is 11.5 Å². The first-order chi connectivity index (χ1) is 12.0. The van der Waals surface area contributed by atoms with Gasteiger partial charge in [-0.2, -0.15) is 5.10 Å². The van der Waals surface area contributed by atoms with E-state index in [0.29, 0.717) is 37.4 Å². The summed E-state index contributed by atoms with van der Waals surface area (Å²) >= 11 is 0. The molecule has 1 aliphatic heterocycles. The lowest BCUT2D eigenvalue weighted by atomic mass is 10.0. The van der Waals surface area contributed by atoms with Crippen LogP contribution in [0, 0.1) is 0 Å². The fraction of sp³-hybridized carbons (Fsp3) is 0.471. The summed E-state index contributed by atoms with van der Waals surface area (Å²) in [5.74, 6) is 0.100. The van der Waals surface area contributed by atoms with Crippen LogP contribution in [0.15, 0.2) is 28.9 Å². The Morgan fingerprint density at radius 1 is 1.44 bits per heavy atom. The maximum absolute atomic E-state index is 12.4. The summed E-state index contributed by atoms with van der Waals surface area (Å²) in [6.07, 6.45) is 4.20. The Morgan fingerprint density at radius 2 is 2.28 bits per heavy atom. The smallest absolute Gasteiger partial charge is 0.272 e. The molecule has 3 N–H and O–H groups in total. The third-order valence-electron chi connectivity index (χ3n) is 4.76. The molecular weight excluding hydrogens is 324 g/mol. The van der Waals surface area contributed by atoms with Crippen LogP contribution in [0.3, 0.4) is 0 Å². The topological polar surface area (TPSA) is 111 Å². The number of furan rings is 1. The van der Waals surface area contributed by atoms with Gasteiger partial charge in [-0.25, -0.2) is 0 Å². The number of aromatic nitrogens is 2. The van der Waals surface area contributed by atoms with Crippen molar-refractivity contribution >= 4 is 11.8 Å². The summed E-state index contributed by atoms with van der Waals surface area (Å²) in [5, 5.41) is 19.7. The van der Waals surface area contributed by atoms with Crippen LogP contribution in [-0.2, 0) is 4.79 Å². The van der Waals surface area contributed by atoms with Crippen molar-refractivity contribution < 1.29 is 19.1 Å². The minimum atomic E-state index is -1.16. The Bertz CT molecular complexity index is 778. The summed E-state index contributed by atoms with van der Waals surface area (Å²) in [6.45, 7) is 1.04. The van der Waals surface area contributed by atoms with Gasteiger partial charge in [0.2, 0.25) is 0 Å². The van der Waals surface area contributed by atoms with Crippen molar-refractivity contribution in [3.63, 3.8) is 0 Å². The fourth-order valence-corrected chi connectivity index (χ4v) is 3.16. The van der Waals surface area contributed by atoms with Gasteiger partial charge in [-0.15, -0.1) is 0 Å². The minimum absolute atomic E-state index is 0.142. The van der Waals surface area contributed by atoms with E-state index in [9.17, 15) is 14.7 Å². The highest BCUT2D eigenvalue weighted by molar-refractivity contribution is 5.93. The lowest BCUT2D eigenvalue weighted by Gasteiger charge is -2.34. The number of aliphatic hydroxyl groups is 1. The average molecular weight is 344 g/mol. The molecule has 25 heavy (non-hydrogen) atoms. The number of nitrogens with zero attached hydrogens (tertiary/aromatic N) is 2. The molecule has 8 nitrogen and oxygen atoms in total. The van der Waals surface area contributed by atoms with Crippen molar-refractivity contribution in [3.05, 3.63) is 30.2 Å². The SMILES string of the molecule is O=C(N[C@H]1CCCN(C(=O)C2(O)CC2)C1)c1cc(-c2ccco2)[nH]n1. The number of hydrogen-bond acceptors (Lipinski definition) is 5. The van der Waals surface area contributed by atoms with E-state index in [4.69, 9.17) is 4.42 Å². The predicted octanol–water partition coefficient (Wildman–Crippen LogP) is 0.915. The number of carbonyl (C=O) groups excluding carboxylic acids is 2. The van der Waals surface area contributed by atoms with E-state index in [1.807, 2.05) is 0 Å².